The number of hydroxylamine groups is 1. The minimum Gasteiger partial charge on any atom is -0.364 e. The van der Waals surface area contributed by atoms with Gasteiger partial charge in [0.25, 0.3) is 7.52 Å². The predicted molar refractivity (Wildman–Crippen MR) is 106 cm³/mol. The van der Waals surface area contributed by atoms with Crippen molar-refractivity contribution in [2.24, 2.45) is 4.99 Å². The summed E-state index contributed by atoms with van der Waals surface area (Å²) in [6, 6.07) is 4.10. The van der Waals surface area contributed by atoms with Crippen molar-refractivity contribution in [3.8, 4) is 0 Å². The van der Waals surface area contributed by atoms with Gasteiger partial charge in [-0.2, -0.15) is 0 Å². The molecule has 154 valence electrons. The lowest BCUT2D eigenvalue weighted by Gasteiger charge is -2.17. The SMILES string of the molecule is CCOP(=O)(CC)NCCNc1nonc1C(=Nc1ccc(F)c(Br)c1)NO. The largest absolute Gasteiger partial charge is 0.364 e. The lowest BCUT2D eigenvalue weighted by Crippen LogP contribution is -2.25. The Labute approximate surface area is 169 Å². The number of benzene rings is 1. The van der Waals surface area contributed by atoms with Gasteiger partial charge < -0.3 is 9.84 Å². The van der Waals surface area contributed by atoms with Crippen LogP contribution in [0.2, 0.25) is 0 Å². The molecule has 0 bridgehead atoms. The Morgan fingerprint density at radius 2 is 2.18 bits per heavy atom. The third-order valence-electron chi connectivity index (χ3n) is 3.49. The number of aliphatic imine (C=N–C) groups is 1. The first-order valence-electron chi connectivity index (χ1n) is 8.41. The molecule has 1 heterocycles. The van der Waals surface area contributed by atoms with Crippen LogP contribution < -0.4 is 15.9 Å². The van der Waals surface area contributed by atoms with Crippen molar-refractivity contribution >= 4 is 40.8 Å². The molecule has 1 aromatic carbocycles. The van der Waals surface area contributed by atoms with Crippen molar-refractivity contribution in [3.05, 3.63) is 34.2 Å². The van der Waals surface area contributed by atoms with Gasteiger partial charge in [0, 0.05) is 19.3 Å². The summed E-state index contributed by atoms with van der Waals surface area (Å²) < 4.78 is 35.8. The molecule has 10 nitrogen and oxygen atoms in total. The summed E-state index contributed by atoms with van der Waals surface area (Å²) in [5.41, 5.74) is 2.41. The summed E-state index contributed by atoms with van der Waals surface area (Å²) >= 11 is 3.07. The zero-order valence-electron chi connectivity index (χ0n) is 15.3. The van der Waals surface area contributed by atoms with Crippen LogP contribution in [0, 0.1) is 5.82 Å². The molecule has 2 aromatic rings. The lowest BCUT2D eigenvalue weighted by molar-refractivity contribution is 0.234. The van der Waals surface area contributed by atoms with Crippen molar-refractivity contribution in [1.29, 1.82) is 0 Å². The highest BCUT2D eigenvalue weighted by molar-refractivity contribution is 9.10. The van der Waals surface area contributed by atoms with E-state index in [1.165, 1.54) is 18.2 Å². The van der Waals surface area contributed by atoms with Crippen LogP contribution in [-0.4, -0.2) is 47.2 Å². The first kappa shape index (κ1) is 22.4. The van der Waals surface area contributed by atoms with Crippen LogP contribution in [0.3, 0.4) is 0 Å². The first-order valence-corrected chi connectivity index (χ1v) is 11.0. The van der Waals surface area contributed by atoms with Crippen LogP contribution >= 0.6 is 23.4 Å². The summed E-state index contributed by atoms with van der Waals surface area (Å²) in [5, 5.41) is 22.7. The first-order chi connectivity index (χ1) is 13.4. The molecule has 0 aliphatic heterocycles. The monoisotopic (exact) mass is 478 g/mol. The van der Waals surface area contributed by atoms with Gasteiger partial charge in [-0.15, -0.1) is 0 Å². The molecule has 0 saturated carbocycles. The maximum Gasteiger partial charge on any atom is 0.269 e. The summed E-state index contributed by atoms with van der Waals surface area (Å²) in [6.07, 6.45) is 0.371. The van der Waals surface area contributed by atoms with Crippen molar-refractivity contribution in [3.63, 3.8) is 0 Å². The van der Waals surface area contributed by atoms with Crippen LogP contribution in [0.4, 0.5) is 15.9 Å². The van der Waals surface area contributed by atoms with Crippen LogP contribution in [-0.2, 0) is 9.09 Å². The van der Waals surface area contributed by atoms with Crippen LogP contribution in [0.1, 0.15) is 19.5 Å². The molecule has 0 saturated heterocycles. The number of aromatic nitrogens is 2. The van der Waals surface area contributed by atoms with E-state index in [-0.39, 0.29) is 21.8 Å². The maximum atomic E-state index is 13.3. The lowest BCUT2D eigenvalue weighted by atomic mass is 10.3. The van der Waals surface area contributed by atoms with Crippen LogP contribution in [0.25, 0.3) is 0 Å². The molecular formula is C15H21BrFN6O4P. The van der Waals surface area contributed by atoms with Gasteiger partial charge in [0.1, 0.15) is 5.82 Å². The van der Waals surface area contributed by atoms with Crippen LogP contribution in [0.15, 0.2) is 32.3 Å². The number of nitrogens with one attached hydrogen (secondary N) is 3. The molecule has 4 N–H and O–H groups in total. The molecule has 1 aromatic heterocycles. The van der Waals surface area contributed by atoms with E-state index >= 15 is 0 Å². The molecule has 0 fully saturated rings. The van der Waals surface area contributed by atoms with Gasteiger partial charge in [0.2, 0.25) is 5.82 Å². The fourth-order valence-electron chi connectivity index (χ4n) is 2.14. The molecule has 0 aliphatic carbocycles. The van der Waals surface area contributed by atoms with Gasteiger partial charge in [-0.05, 0) is 51.4 Å². The highest BCUT2D eigenvalue weighted by atomic mass is 79.9. The maximum absolute atomic E-state index is 13.3. The number of nitrogens with zero attached hydrogens (tertiary/aromatic N) is 3. The topological polar surface area (TPSA) is 134 Å². The Morgan fingerprint density at radius 1 is 1.39 bits per heavy atom. The number of amidine groups is 1. The smallest absolute Gasteiger partial charge is 0.269 e. The van der Waals surface area contributed by atoms with Gasteiger partial charge in [0.15, 0.2) is 11.5 Å². The molecule has 2 rings (SSSR count). The third kappa shape index (κ3) is 6.08. The Hall–Kier alpha value is -1.85. The van der Waals surface area contributed by atoms with E-state index in [4.69, 9.17) is 9.15 Å². The molecule has 0 amide bonds. The molecule has 1 atom stereocenters. The van der Waals surface area contributed by atoms with E-state index in [1.807, 2.05) is 5.48 Å². The second kappa shape index (κ2) is 10.6. The molecule has 28 heavy (non-hydrogen) atoms. The highest BCUT2D eigenvalue weighted by Gasteiger charge is 2.20. The average Bonchev–Trinajstić information content (AvgIpc) is 3.14. The zero-order valence-corrected chi connectivity index (χ0v) is 17.8. The number of hydrogen-bond donors (Lipinski definition) is 4. The van der Waals surface area contributed by atoms with Gasteiger partial charge in [-0.1, -0.05) is 6.92 Å². The number of anilines is 1. The Morgan fingerprint density at radius 3 is 2.82 bits per heavy atom. The van der Waals surface area contributed by atoms with Crippen molar-refractivity contribution in [2.75, 3.05) is 31.2 Å². The summed E-state index contributed by atoms with van der Waals surface area (Å²) in [4.78, 5) is 4.16. The van der Waals surface area contributed by atoms with Gasteiger partial charge in [0.05, 0.1) is 16.8 Å². The summed E-state index contributed by atoms with van der Waals surface area (Å²) in [6.45, 7) is 4.57. The molecule has 0 spiro atoms. The fraction of sp³-hybridized carbons (Fsp3) is 0.400. The van der Waals surface area contributed by atoms with Crippen molar-refractivity contribution in [2.45, 2.75) is 13.8 Å². The average molecular weight is 479 g/mol. The minimum atomic E-state index is -2.86. The number of halogens is 2. The highest BCUT2D eigenvalue weighted by Crippen LogP contribution is 2.40. The van der Waals surface area contributed by atoms with Crippen molar-refractivity contribution in [1.82, 2.24) is 20.9 Å². The van der Waals surface area contributed by atoms with Gasteiger partial charge in [-0.25, -0.2) is 19.1 Å². The second-order valence-corrected chi connectivity index (χ2v) is 8.78. The Bertz CT molecular complexity index is 865. The molecule has 0 aliphatic rings. The number of rotatable bonds is 10. The predicted octanol–water partition coefficient (Wildman–Crippen LogP) is 3.28. The third-order valence-corrected chi connectivity index (χ3v) is 6.31. The standard InChI is InChI=1S/C15H21BrFN6O4P/c1-3-26-28(25,4-2)19-8-7-18-14-13(22-27-23-14)15(21-24)20-10-5-6-12(17)11(16)9-10/h5-6,9,24H,3-4,7-8H2,1-2H3,(H,18,23)(H,19,25)(H,20,21). The minimum absolute atomic E-state index is 0.0521. The summed E-state index contributed by atoms with van der Waals surface area (Å²) in [5.74, 6) is -0.276. The molecule has 0 radical (unpaired) electrons. The molecule has 1 unspecified atom stereocenters. The van der Waals surface area contributed by atoms with E-state index in [0.29, 0.717) is 31.5 Å². The van der Waals surface area contributed by atoms with E-state index < -0.39 is 13.3 Å². The van der Waals surface area contributed by atoms with Crippen molar-refractivity contribution < 1.29 is 23.3 Å². The normalized spacial score (nSPS) is 14.0. The Balaban J connectivity index is 2.05. The van der Waals surface area contributed by atoms with Crippen LogP contribution in [0.5, 0.6) is 0 Å². The quantitative estimate of drug-likeness (QED) is 0.133. The fourth-order valence-corrected chi connectivity index (χ4v) is 3.87. The molecule has 13 heteroatoms. The van der Waals surface area contributed by atoms with Gasteiger partial charge in [-0.3, -0.25) is 15.3 Å². The summed E-state index contributed by atoms with van der Waals surface area (Å²) in [7, 11) is -2.86. The second-order valence-electron chi connectivity index (χ2n) is 5.37. The Kier molecular flexibility index (Phi) is 8.52. The molecular weight excluding hydrogens is 458 g/mol. The van der Waals surface area contributed by atoms with Gasteiger partial charge >= 0.3 is 0 Å². The number of hydrogen-bond acceptors (Lipinski definition) is 8. The zero-order chi connectivity index (χ0) is 20.6. The van der Waals surface area contributed by atoms with E-state index in [0.717, 1.165) is 0 Å². The van der Waals surface area contributed by atoms with E-state index in [9.17, 15) is 14.2 Å². The van der Waals surface area contributed by atoms with E-state index in [2.05, 4.69) is 41.6 Å². The van der Waals surface area contributed by atoms with E-state index in [1.54, 1.807) is 13.8 Å².